The van der Waals surface area contributed by atoms with E-state index in [1.165, 1.54) is 6.07 Å². The number of H-pyrrole nitrogens is 1. The molecule has 0 bridgehead atoms. The molecule has 0 spiro atoms. The smallest absolute Gasteiger partial charge is 0.254 e. The molecule has 2 aliphatic heterocycles. The lowest BCUT2D eigenvalue weighted by Crippen LogP contribution is -2.47. The summed E-state index contributed by atoms with van der Waals surface area (Å²) in [7, 11) is 0. The number of para-hydroxylation sites is 1. The van der Waals surface area contributed by atoms with E-state index in [9.17, 15) is 9.59 Å². The van der Waals surface area contributed by atoms with Crippen molar-refractivity contribution < 1.29 is 9.53 Å². The van der Waals surface area contributed by atoms with Gasteiger partial charge < -0.3 is 14.6 Å². The number of hydrogen-bond donors (Lipinski definition) is 1. The summed E-state index contributed by atoms with van der Waals surface area (Å²) in [4.78, 5) is 32.2. The zero-order valence-electron chi connectivity index (χ0n) is 14.4. The van der Waals surface area contributed by atoms with E-state index in [1.807, 2.05) is 29.2 Å². The Morgan fingerprint density at radius 3 is 2.76 bits per heavy atom. The van der Waals surface area contributed by atoms with Crippen molar-refractivity contribution in [3.05, 3.63) is 46.2 Å². The Morgan fingerprint density at radius 1 is 1.20 bits per heavy atom. The summed E-state index contributed by atoms with van der Waals surface area (Å²) in [5.41, 5.74) is 0.962. The zero-order valence-corrected chi connectivity index (χ0v) is 14.4. The number of likely N-dealkylation sites (tertiary alicyclic amines) is 1. The fourth-order valence-electron chi connectivity index (χ4n) is 4.05. The van der Waals surface area contributed by atoms with Gasteiger partial charge >= 0.3 is 0 Å². The number of pyridine rings is 1. The molecule has 0 aliphatic carbocycles. The molecule has 1 amide bonds. The Kier molecular flexibility index (Phi) is 4.31. The van der Waals surface area contributed by atoms with Gasteiger partial charge in [-0.05, 0) is 12.0 Å². The number of aromatic nitrogens is 1. The average Bonchev–Trinajstić information content (AvgIpc) is 3.03. The van der Waals surface area contributed by atoms with Crippen LogP contribution >= 0.6 is 0 Å². The number of benzene rings is 1. The first-order chi connectivity index (χ1) is 12.1. The fourth-order valence-corrected chi connectivity index (χ4v) is 4.05. The van der Waals surface area contributed by atoms with Crippen LogP contribution in [-0.2, 0) is 4.74 Å². The van der Waals surface area contributed by atoms with Gasteiger partial charge in [-0.2, -0.15) is 0 Å². The van der Waals surface area contributed by atoms with E-state index in [0.29, 0.717) is 29.6 Å². The topological polar surface area (TPSA) is 65.6 Å². The number of nitrogens with zero attached hydrogens (tertiary/aromatic N) is 2. The Balaban J connectivity index is 1.61. The second kappa shape index (κ2) is 6.61. The van der Waals surface area contributed by atoms with E-state index >= 15 is 0 Å². The summed E-state index contributed by atoms with van der Waals surface area (Å²) >= 11 is 0. The summed E-state index contributed by atoms with van der Waals surface area (Å²) < 4.78 is 5.44. The normalized spacial score (nSPS) is 24.8. The highest BCUT2D eigenvalue weighted by Gasteiger charge is 2.37. The van der Waals surface area contributed by atoms with E-state index in [-0.39, 0.29) is 11.5 Å². The third-order valence-electron chi connectivity index (χ3n) is 5.36. The van der Waals surface area contributed by atoms with Crippen molar-refractivity contribution in [2.24, 2.45) is 5.92 Å². The van der Waals surface area contributed by atoms with Crippen molar-refractivity contribution >= 4 is 16.8 Å². The van der Waals surface area contributed by atoms with Crippen LogP contribution in [0.15, 0.2) is 35.1 Å². The van der Waals surface area contributed by atoms with Crippen LogP contribution in [0.25, 0.3) is 10.9 Å². The van der Waals surface area contributed by atoms with Crippen molar-refractivity contribution in [2.45, 2.75) is 13.0 Å². The number of carbonyl (C=O) groups is 1. The molecule has 25 heavy (non-hydrogen) atoms. The van der Waals surface area contributed by atoms with Crippen LogP contribution in [0.3, 0.4) is 0 Å². The Bertz CT molecular complexity index is 841. The molecular weight excluding hydrogens is 318 g/mol. The van der Waals surface area contributed by atoms with Crippen LogP contribution in [0.5, 0.6) is 0 Å². The zero-order chi connectivity index (χ0) is 17.4. The quantitative estimate of drug-likeness (QED) is 0.895. The predicted molar refractivity (Wildman–Crippen MR) is 95.8 cm³/mol. The van der Waals surface area contributed by atoms with Gasteiger partial charge in [0.15, 0.2) is 0 Å². The second-order valence-corrected chi connectivity index (χ2v) is 7.00. The highest BCUT2D eigenvalue weighted by Crippen LogP contribution is 2.25. The minimum atomic E-state index is -0.237. The van der Waals surface area contributed by atoms with Gasteiger partial charge in [0.05, 0.1) is 18.8 Å². The minimum Gasteiger partial charge on any atom is -0.379 e. The third-order valence-corrected chi connectivity index (χ3v) is 5.36. The number of nitrogens with one attached hydrogen (secondary N) is 1. The van der Waals surface area contributed by atoms with Crippen LogP contribution in [0.2, 0.25) is 0 Å². The summed E-state index contributed by atoms with van der Waals surface area (Å²) in [6, 6.07) is 9.26. The third kappa shape index (κ3) is 3.07. The summed E-state index contributed by atoms with van der Waals surface area (Å²) in [6.07, 6.45) is 0. The monoisotopic (exact) mass is 341 g/mol. The van der Waals surface area contributed by atoms with Crippen molar-refractivity contribution in [3.63, 3.8) is 0 Å². The summed E-state index contributed by atoms with van der Waals surface area (Å²) in [5, 5.41) is 0.801. The highest BCUT2D eigenvalue weighted by molar-refractivity contribution is 6.06. The van der Waals surface area contributed by atoms with Gasteiger partial charge in [-0.15, -0.1) is 0 Å². The first-order valence-corrected chi connectivity index (χ1v) is 8.86. The van der Waals surface area contributed by atoms with Crippen molar-refractivity contribution in [1.29, 1.82) is 0 Å². The molecule has 2 fully saturated rings. The lowest BCUT2D eigenvalue weighted by molar-refractivity contribution is 0.0119. The molecule has 1 aromatic carbocycles. The molecule has 0 saturated carbocycles. The molecule has 3 heterocycles. The SMILES string of the molecule is CC1CN(C(=O)c2cc(=O)[nH]c3ccccc23)CC1N1CCOCC1. The lowest BCUT2D eigenvalue weighted by Gasteiger charge is -2.34. The van der Waals surface area contributed by atoms with Gasteiger partial charge in [0.2, 0.25) is 5.56 Å². The molecule has 2 unspecified atom stereocenters. The first kappa shape index (κ1) is 16.3. The van der Waals surface area contributed by atoms with Crippen LogP contribution in [-0.4, -0.2) is 66.1 Å². The Labute approximate surface area is 146 Å². The molecule has 2 atom stereocenters. The number of carbonyl (C=O) groups excluding carboxylic acids is 1. The number of fused-ring (bicyclic) bond motifs is 1. The van der Waals surface area contributed by atoms with Gasteiger partial charge in [-0.1, -0.05) is 25.1 Å². The fraction of sp³-hybridized carbons (Fsp3) is 0.474. The van der Waals surface area contributed by atoms with Crippen molar-refractivity contribution in [3.8, 4) is 0 Å². The molecule has 2 aliphatic rings. The maximum atomic E-state index is 13.1. The second-order valence-electron chi connectivity index (χ2n) is 7.00. The van der Waals surface area contributed by atoms with Crippen LogP contribution < -0.4 is 5.56 Å². The molecule has 6 heteroatoms. The number of morpholine rings is 1. The van der Waals surface area contributed by atoms with Gasteiger partial charge in [0.25, 0.3) is 5.91 Å². The van der Waals surface area contributed by atoms with E-state index < -0.39 is 0 Å². The number of ether oxygens (including phenoxy) is 1. The summed E-state index contributed by atoms with van der Waals surface area (Å²) in [6.45, 7) is 6.99. The van der Waals surface area contributed by atoms with Gasteiger partial charge in [0, 0.05) is 49.2 Å². The largest absolute Gasteiger partial charge is 0.379 e. The van der Waals surface area contributed by atoms with Gasteiger partial charge in [-0.25, -0.2) is 0 Å². The molecule has 2 saturated heterocycles. The van der Waals surface area contributed by atoms with Crippen molar-refractivity contribution in [2.75, 3.05) is 39.4 Å². The Morgan fingerprint density at radius 2 is 1.96 bits per heavy atom. The van der Waals surface area contributed by atoms with Crippen LogP contribution in [0.4, 0.5) is 0 Å². The molecule has 1 aromatic heterocycles. The maximum absolute atomic E-state index is 13.1. The van der Waals surface area contributed by atoms with Crippen molar-refractivity contribution in [1.82, 2.24) is 14.8 Å². The molecule has 4 rings (SSSR count). The highest BCUT2D eigenvalue weighted by atomic mass is 16.5. The van der Waals surface area contributed by atoms with E-state index in [4.69, 9.17) is 4.74 Å². The molecule has 132 valence electrons. The lowest BCUT2D eigenvalue weighted by atomic mass is 10.0. The standard InChI is InChI=1S/C19H23N3O3/c1-13-11-22(12-17(13)21-6-8-25-9-7-21)19(24)15-10-18(23)20-16-5-3-2-4-14(15)16/h2-5,10,13,17H,6-9,11-12H2,1H3,(H,20,23). The Hall–Kier alpha value is -2.18. The van der Waals surface area contributed by atoms with E-state index in [0.717, 1.165) is 38.2 Å². The number of aromatic amines is 1. The molecule has 0 radical (unpaired) electrons. The number of amides is 1. The minimum absolute atomic E-state index is 0.0510. The van der Waals surface area contributed by atoms with E-state index in [1.54, 1.807) is 0 Å². The van der Waals surface area contributed by atoms with E-state index in [2.05, 4.69) is 16.8 Å². The van der Waals surface area contributed by atoms with Crippen LogP contribution in [0.1, 0.15) is 17.3 Å². The molecule has 1 N–H and O–H groups in total. The summed E-state index contributed by atoms with van der Waals surface area (Å²) in [5.74, 6) is 0.361. The molecular formula is C19H23N3O3. The molecule has 6 nitrogen and oxygen atoms in total. The van der Waals surface area contributed by atoms with Gasteiger partial charge in [0.1, 0.15) is 0 Å². The number of hydrogen-bond acceptors (Lipinski definition) is 4. The first-order valence-electron chi connectivity index (χ1n) is 8.86. The predicted octanol–water partition coefficient (Wildman–Crippen LogP) is 1.32. The number of rotatable bonds is 2. The molecule has 2 aromatic rings. The van der Waals surface area contributed by atoms with Gasteiger partial charge in [-0.3, -0.25) is 14.5 Å². The maximum Gasteiger partial charge on any atom is 0.254 e. The average molecular weight is 341 g/mol. The van der Waals surface area contributed by atoms with Crippen LogP contribution in [0, 0.1) is 5.92 Å².